The van der Waals surface area contributed by atoms with Crippen molar-refractivity contribution in [2.75, 3.05) is 6.61 Å². The monoisotopic (exact) mass is 688 g/mol. The smallest absolute Gasteiger partial charge is 0.338 e. The fourth-order valence-corrected chi connectivity index (χ4v) is 6.89. The predicted octanol–water partition coefficient (Wildman–Crippen LogP) is 3.70. The van der Waals surface area contributed by atoms with E-state index in [0.717, 1.165) is 20.8 Å². The lowest BCUT2D eigenvalue weighted by molar-refractivity contribution is -0.189. The lowest BCUT2D eigenvalue weighted by Crippen LogP contribution is -2.59. The molecule has 1 fully saturated rings. The summed E-state index contributed by atoms with van der Waals surface area (Å²) in [6, 6.07) is 8.17. The average molecular weight is 689 g/mol. The van der Waals surface area contributed by atoms with E-state index < -0.39 is 95.4 Å². The first-order valence-corrected chi connectivity index (χ1v) is 16.5. The van der Waals surface area contributed by atoms with E-state index >= 15 is 0 Å². The molecule has 272 valence electrons. The lowest BCUT2D eigenvalue weighted by atomic mass is 9.71. The molecule has 0 radical (unpaired) electrons. The van der Waals surface area contributed by atoms with E-state index in [2.05, 4.69) is 6.58 Å². The van der Waals surface area contributed by atoms with Crippen LogP contribution in [0.4, 0.5) is 0 Å². The van der Waals surface area contributed by atoms with Gasteiger partial charge in [-0.05, 0) is 30.5 Å². The minimum atomic E-state index is -2.18. The van der Waals surface area contributed by atoms with Crippen LogP contribution in [-0.4, -0.2) is 93.6 Å². The van der Waals surface area contributed by atoms with E-state index in [1.807, 2.05) is 13.8 Å². The van der Waals surface area contributed by atoms with Crippen LogP contribution >= 0.6 is 0 Å². The third-order valence-electron chi connectivity index (χ3n) is 9.13. The Morgan fingerprint density at radius 3 is 1.98 bits per heavy atom. The molecule has 3 N–H and O–H groups in total. The van der Waals surface area contributed by atoms with Crippen LogP contribution in [0, 0.1) is 23.2 Å². The van der Waals surface area contributed by atoms with Crippen LogP contribution in [0.3, 0.4) is 0 Å². The Morgan fingerprint density at radius 1 is 0.878 bits per heavy atom. The van der Waals surface area contributed by atoms with E-state index in [1.165, 1.54) is 6.92 Å². The van der Waals surface area contributed by atoms with Gasteiger partial charge in [0.2, 0.25) is 0 Å². The summed E-state index contributed by atoms with van der Waals surface area (Å²) in [4.78, 5) is 51.3. The van der Waals surface area contributed by atoms with Gasteiger partial charge >= 0.3 is 23.9 Å². The van der Waals surface area contributed by atoms with Crippen molar-refractivity contribution in [2.24, 2.45) is 23.2 Å². The third-order valence-corrected chi connectivity index (χ3v) is 9.13. The molecular formula is C37H52O12. The lowest BCUT2D eigenvalue weighted by Gasteiger charge is -2.46. The van der Waals surface area contributed by atoms with Crippen molar-refractivity contribution in [3.63, 3.8) is 0 Å². The molecule has 2 aliphatic carbocycles. The molecule has 1 aromatic carbocycles. The number of esters is 4. The number of aliphatic hydroxyl groups is 3. The van der Waals surface area contributed by atoms with Crippen molar-refractivity contribution in [1.82, 2.24) is 0 Å². The van der Waals surface area contributed by atoms with Crippen molar-refractivity contribution in [2.45, 2.75) is 117 Å². The molecule has 0 bridgehead atoms. The standard InChI is InChI=1S/C37H52O12/c1-20(2)18-45-28-22(4)29(46-23(5)38)30(47-24(6)39)31(41)35(8,9)17-16-21(3)32(49-34(42)26-14-12-11-13-15-26)37(44)19-36(10,43)33(27(28)37)48-25(7)40/h11-17,20-21,27-33,41,43-44H,4,18-19H2,1-3,5-10H3/b17-16+/t21-,27-,28-,29-,30+,31+,32-,33+,36+,37+/m0/s1. The molecule has 0 saturated heterocycles. The summed E-state index contributed by atoms with van der Waals surface area (Å²) >= 11 is 0. The van der Waals surface area contributed by atoms with Crippen LogP contribution < -0.4 is 0 Å². The Hall–Kier alpha value is -3.58. The maximum Gasteiger partial charge on any atom is 0.338 e. The fourth-order valence-electron chi connectivity index (χ4n) is 6.89. The van der Waals surface area contributed by atoms with Crippen molar-refractivity contribution in [1.29, 1.82) is 0 Å². The van der Waals surface area contributed by atoms with E-state index in [-0.39, 0.29) is 23.7 Å². The summed E-state index contributed by atoms with van der Waals surface area (Å²) in [5, 5.41) is 36.8. The number of hydrogen-bond acceptors (Lipinski definition) is 12. The van der Waals surface area contributed by atoms with Crippen molar-refractivity contribution in [3.8, 4) is 0 Å². The molecular weight excluding hydrogens is 636 g/mol. The van der Waals surface area contributed by atoms with Crippen LogP contribution in [0.25, 0.3) is 0 Å². The van der Waals surface area contributed by atoms with Gasteiger partial charge in [-0.1, -0.05) is 71.5 Å². The van der Waals surface area contributed by atoms with E-state index in [0.29, 0.717) is 0 Å². The summed E-state index contributed by atoms with van der Waals surface area (Å²) < 4.78 is 29.7. The Kier molecular flexibility index (Phi) is 12.6. The van der Waals surface area contributed by atoms with Gasteiger partial charge in [0.1, 0.15) is 29.5 Å². The first-order valence-electron chi connectivity index (χ1n) is 16.5. The molecule has 1 saturated carbocycles. The minimum Gasteiger partial charge on any atom is -0.459 e. The SMILES string of the molecule is C=C1[C@H](OC(C)=O)[C@@H](OC(C)=O)[C@@H](O)C(C)(C)/C=C/[C@H](C)[C@H](OC(=O)c2ccccc2)[C@@]2(O)C[C@@](C)(O)[C@H](OC(C)=O)[C@@H]2[C@H]1OCC(C)C. The van der Waals surface area contributed by atoms with Crippen molar-refractivity contribution >= 4 is 23.9 Å². The second-order valence-electron chi connectivity index (χ2n) is 14.6. The summed E-state index contributed by atoms with van der Waals surface area (Å²) in [5.74, 6) is -5.38. The molecule has 0 amide bonds. The highest BCUT2D eigenvalue weighted by atomic mass is 16.6. The topological polar surface area (TPSA) is 175 Å². The van der Waals surface area contributed by atoms with Gasteiger partial charge in [-0.2, -0.15) is 0 Å². The van der Waals surface area contributed by atoms with Crippen LogP contribution in [-0.2, 0) is 38.1 Å². The van der Waals surface area contributed by atoms with Gasteiger partial charge in [-0.25, -0.2) is 4.79 Å². The maximum absolute atomic E-state index is 13.6. The number of carbonyl (C=O) groups is 4. The second-order valence-corrected chi connectivity index (χ2v) is 14.6. The Labute approximate surface area is 288 Å². The highest BCUT2D eigenvalue weighted by Gasteiger charge is 2.68. The molecule has 0 unspecified atom stereocenters. The average Bonchev–Trinajstić information content (AvgIpc) is 3.19. The number of benzene rings is 1. The molecule has 12 heteroatoms. The summed E-state index contributed by atoms with van der Waals surface area (Å²) in [6.07, 6.45) is -5.98. The normalized spacial score (nSPS) is 35.2. The molecule has 0 aromatic heterocycles. The Morgan fingerprint density at radius 2 is 1.45 bits per heavy atom. The van der Waals surface area contributed by atoms with Gasteiger partial charge in [-0.3, -0.25) is 14.4 Å². The number of aliphatic hydroxyl groups excluding tert-OH is 1. The van der Waals surface area contributed by atoms with Crippen LogP contribution in [0.15, 0.2) is 54.6 Å². The maximum atomic E-state index is 13.6. The highest BCUT2D eigenvalue weighted by molar-refractivity contribution is 5.89. The van der Waals surface area contributed by atoms with Gasteiger partial charge in [0, 0.05) is 45.1 Å². The Balaban J connectivity index is 2.43. The number of fused-ring (bicyclic) bond motifs is 1. The molecule has 0 heterocycles. The Bertz CT molecular complexity index is 1400. The zero-order valence-electron chi connectivity index (χ0n) is 29.9. The molecule has 3 rings (SSSR count). The van der Waals surface area contributed by atoms with Crippen molar-refractivity contribution in [3.05, 3.63) is 60.2 Å². The van der Waals surface area contributed by atoms with Gasteiger partial charge in [0.05, 0.1) is 17.6 Å². The van der Waals surface area contributed by atoms with Gasteiger partial charge in [0.25, 0.3) is 0 Å². The molecule has 2 aliphatic rings. The summed E-state index contributed by atoms with van der Waals surface area (Å²) in [6.45, 7) is 17.9. The van der Waals surface area contributed by atoms with Crippen LogP contribution in [0.1, 0.15) is 79.1 Å². The van der Waals surface area contributed by atoms with Gasteiger partial charge in [0.15, 0.2) is 12.2 Å². The number of rotatable bonds is 8. The zero-order chi connectivity index (χ0) is 37.1. The molecule has 0 aliphatic heterocycles. The highest BCUT2D eigenvalue weighted by Crippen LogP contribution is 2.53. The summed E-state index contributed by atoms with van der Waals surface area (Å²) in [5.41, 5.74) is -5.10. The van der Waals surface area contributed by atoms with Crippen LogP contribution in [0.2, 0.25) is 0 Å². The number of hydrogen-bond donors (Lipinski definition) is 3. The molecule has 12 nitrogen and oxygen atoms in total. The quantitative estimate of drug-likeness (QED) is 0.206. The zero-order valence-corrected chi connectivity index (χ0v) is 29.9. The van der Waals surface area contributed by atoms with Gasteiger partial charge in [-0.15, -0.1) is 0 Å². The largest absolute Gasteiger partial charge is 0.459 e. The fraction of sp³-hybridized carbons (Fsp3) is 0.622. The molecule has 1 aromatic rings. The first-order chi connectivity index (χ1) is 22.6. The molecule has 49 heavy (non-hydrogen) atoms. The first kappa shape index (κ1) is 39.9. The van der Waals surface area contributed by atoms with Gasteiger partial charge < -0.3 is 39.0 Å². The minimum absolute atomic E-state index is 0.0498. The van der Waals surface area contributed by atoms with E-state index in [1.54, 1.807) is 63.3 Å². The third kappa shape index (κ3) is 9.16. The van der Waals surface area contributed by atoms with E-state index in [4.69, 9.17) is 23.7 Å². The van der Waals surface area contributed by atoms with E-state index in [9.17, 15) is 34.5 Å². The summed E-state index contributed by atoms with van der Waals surface area (Å²) in [7, 11) is 0. The number of carbonyl (C=O) groups excluding carboxylic acids is 4. The van der Waals surface area contributed by atoms with Crippen LogP contribution in [0.5, 0.6) is 0 Å². The van der Waals surface area contributed by atoms with Crippen molar-refractivity contribution < 1.29 is 58.2 Å². The number of ether oxygens (including phenoxy) is 5. The molecule has 10 atom stereocenters. The predicted molar refractivity (Wildman–Crippen MR) is 178 cm³/mol. The second kappa shape index (κ2) is 15.5. The molecule has 0 spiro atoms.